The van der Waals surface area contributed by atoms with Crippen LogP contribution in [0.1, 0.15) is 0 Å². The van der Waals surface area contributed by atoms with Crippen molar-refractivity contribution in [3.8, 4) is 0 Å². The van der Waals surface area contributed by atoms with Crippen LogP contribution in [0.3, 0.4) is 0 Å². The summed E-state index contributed by atoms with van der Waals surface area (Å²) >= 11 is 0. The van der Waals surface area contributed by atoms with Crippen molar-refractivity contribution in [2.45, 2.75) is 0 Å². The average molecular weight is 336 g/mol. The van der Waals surface area contributed by atoms with Crippen LogP contribution >= 0.6 is 15.2 Å². The lowest BCUT2D eigenvalue weighted by atomic mass is 10.7. The summed E-state index contributed by atoms with van der Waals surface area (Å²) in [6.45, 7) is 13.8. The summed E-state index contributed by atoms with van der Waals surface area (Å²) in [5.41, 5.74) is 0. The van der Waals surface area contributed by atoms with E-state index in [1.807, 2.05) is 0 Å². The van der Waals surface area contributed by atoms with Crippen molar-refractivity contribution in [1.29, 1.82) is 0 Å². The van der Waals surface area contributed by atoms with E-state index < -0.39 is 21.1 Å². The number of rotatable bonds is 14. The zero-order valence-corrected chi connectivity index (χ0v) is 13.8. The lowest BCUT2D eigenvalue weighted by molar-refractivity contribution is 0.222. The van der Waals surface area contributed by atoms with E-state index in [0.717, 1.165) is 0 Å². The molecular weight excluding hydrogens is 314 g/mol. The molecule has 0 amide bonds. The topological polar surface area (TPSA) is 71.1 Å². The largest absolute Gasteiger partial charge is 0.343 e. The molecule has 0 aromatic heterocycles. The quantitative estimate of drug-likeness (QED) is 0.351. The van der Waals surface area contributed by atoms with Crippen molar-refractivity contribution in [2.75, 3.05) is 32.3 Å². The standard InChI is InChI=1S/C13H22O6P2/c1-5-9-16-20(14,17-10-6-2)13-21(15,18-11-7-3)19-12-8-4/h5-8H,1-4,9-13H2. The van der Waals surface area contributed by atoms with Gasteiger partial charge >= 0.3 is 15.2 Å². The monoisotopic (exact) mass is 336 g/mol. The minimum absolute atomic E-state index is 0.0165. The summed E-state index contributed by atoms with van der Waals surface area (Å²) in [5.74, 6) is -0.511. The fraction of sp³-hybridized carbons (Fsp3) is 0.385. The Morgan fingerprint density at radius 3 is 1.05 bits per heavy atom. The van der Waals surface area contributed by atoms with Crippen LogP contribution in [-0.2, 0) is 27.2 Å². The van der Waals surface area contributed by atoms with E-state index in [1.54, 1.807) is 0 Å². The predicted octanol–water partition coefficient (Wildman–Crippen LogP) is 4.14. The molecule has 0 unspecified atom stereocenters. The van der Waals surface area contributed by atoms with Crippen molar-refractivity contribution in [3.63, 3.8) is 0 Å². The van der Waals surface area contributed by atoms with Crippen LogP contribution in [0.25, 0.3) is 0 Å². The second kappa shape index (κ2) is 10.9. The Hall–Kier alpha value is -0.740. The van der Waals surface area contributed by atoms with Gasteiger partial charge in [-0.25, -0.2) is 0 Å². The molecule has 0 atom stereocenters. The van der Waals surface area contributed by atoms with E-state index in [4.69, 9.17) is 18.1 Å². The Morgan fingerprint density at radius 1 is 0.619 bits per heavy atom. The van der Waals surface area contributed by atoms with Gasteiger partial charge in [0.1, 0.15) is 0 Å². The first-order chi connectivity index (χ1) is 9.95. The van der Waals surface area contributed by atoms with E-state index in [1.165, 1.54) is 24.3 Å². The van der Waals surface area contributed by atoms with Crippen LogP contribution in [0, 0.1) is 0 Å². The molecule has 0 aliphatic rings. The normalized spacial score (nSPS) is 11.8. The van der Waals surface area contributed by atoms with E-state index in [2.05, 4.69) is 26.3 Å². The first kappa shape index (κ1) is 20.3. The molecular formula is C13H22O6P2. The third-order valence-electron chi connectivity index (χ3n) is 1.90. The molecule has 0 N–H and O–H groups in total. The molecule has 0 aliphatic carbocycles. The number of hydrogen-bond acceptors (Lipinski definition) is 6. The third kappa shape index (κ3) is 8.99. The van der Waals surface area contributed by atoms with Crippen LogP contribution in [-0.4, -0.2) is 32.3 Å². The second-order valence-corrected chi connectivity index (χ2v) is 8.31. The van der Waals surface area contributed by atoms with Crippen molar-refractivity contribution in [2.24, 2.45) is 0 Å². The van der Waals surface area contributed by atoms with Crippen molar-refractivity contribution >= 4 is 15.2 Å². The molecule has 0 aliphatic heterocycles. The molecule has 0 aromatic rings. The van der Waals surface area contributed by atoms with Gasteiger partial charge in [-0.2, -0.15) is 0 Å². The molecule has 0 radical (unpaired) electrons. The molecule has 0 rings (SSSR count). The molecule has 0 saturated carbocycles. The van der Waals surface area contributed by atoms with Gasteiger partial charge in [-0.05, 0) is 0 Å². The molecule has 0 bridgehead atoms. The molecule has 0 spiro atoms. The summed E-state index contributed by atoms with van der Waals surface area (Å²) in [6.07, 6.45) is 5.63. The van der Waals surface area contributed by atoms with Gasteiger partial charge in [0.15, 0.2) is 5.90 Å². The van der Waals surface area contributed by atoms with Crippen LogP contribution in [0.15, 0.2) is 50.6 Å². The van der Waals surface area contributed by atoms with Gasteiger partial charge in [0, 0.05) is 0 Å². The maximum absolute atomic E-state index is 12.5. The summed E-state index contributed by atoms with van der Waals surface area (Å²) < 4.78 is 45.6. The van der Waals surface area contributed by atoms with Crippen molar-refractivity contribution in [3.05, 3.63) is 50.6 Å². The van der Waals surface area contributed by atoms with Gasteiger partial charge in [0.05, 0.1) is 26.4 Å². The Balaban J connectivity index is 5.06. The summed E-state index contributed by atoms with van der Waals surface area (Å²) in [7, 11) is -7.36. The van der Waals surface area contributed by atoms with E-state index >= 15 is 0 Å². The summed E-state index contributed by atoms with van der Waals surface area (Å²) in [4.78, 5) is 0. The Morgan fingerprint density at radius 2 is 0.857 bits per heavy atom. The smallest absolute Gasteiger partial charge is 0.304 e. The van der Waals surface area contributed by atoms with Crippen molar-refractivity contribution < 1.29 is 27.2 Å². The number of hydrogen-bond donors (Lipinski definition) is 0. The van der Waals surface area contributed by atoms with Crippen molar-refractivity contribution in [1.82, 2.24) is 0 Å². The highest BCUT2D eigenvalue weighted by Gasteiger charge is 2.38. The first-order valence-electron chi connectivity index (χ1n) is 6.15. The van der Waals surface area contributed by atoms with Crippen LogP contribution in [0.4, 0.5) is 0 Å². The molecule has 0 aromatic carbocycles. The molecule has 8 heteroatoms. The van der Waals surface area contributed by atoms with E-state index in [9.17, 15) is 9.13 Å². The highest BCUT2D eigenvalue weighted by Crippen LogP contribution is 2.64. The Bertz CT molecular complexity index is 374. The zero-order chi connectivity index (χ0) is 16.2. The maximum Gasteiger partial charge on any atom is 0.343 e. The molecule has 0 fully saturated rings. The molecule has 21 heavy (non-hydrogen) atoms. The van der Waals surface area contributed by atoms with Gasteiger partial charge in [0.25, 0.3) is 0 Å². The average Bonchev–Trinajstić information content (AvgIpc) is 2.47. The zero-order valence-electron chi connectivity index (χ0n) is 12.0. The second-order valence-electron chi connectivity index (χ2n) is 3.70. The summed E-state index contributed by atoms with van der Waals surface area (Å²) in [5, 5.41) is 0. The highest BCUT2D eigenvalue weighted by atomic mass is 31.2. The Kier molecular flexibility index (Phi) is 10.5. The maximum atomic E-state index is 12.5. The SMILES string of the molecule is C=CCOP(=O)(CP(=O)(OCC=C)OCC=C)OCC=C. The molecule has 6 nitrogen and oxygen atoms in total. The molecule has 0 heterocycles. The van der Waals surface area contributed by atoms with Gasteiger partial charge in [-0.3, -0.25) is 9.13 Å². The summed E-state index contributed by atoms with van der Waals surface area (Å²) in [6, 6.07) is 0. The third-order valence-corrected chi connectivity index (χ3v) is 6.84. The van der Waals surface area contributed by atoms with Crippen LogP contribution in [0.5, 0.6) is 0 Å². The first-order valence-corrected chi connectivity index (χ1v) is 9.60. The van der Waals surface area contributed by atoms with E-state index in [-0.39, 0.29) is 26.4 Å². The highest BCUT2D eigenvalue weighted by molar-refractivity contribution is 7.71. The van der Waals surface area contributed by atoms with Gasteiger partial charge in [-0.1, -0.05) is 24.3 Å². The van der Waals surface area contributed by atoms with Crippen LogP contribution in [0.2, 0.25) is 0 Å². The lowest BCUT2D eigenvalue weighted by Gasteiger charge is -2.22. The van der Waals surface area contributed by atoms with Gasteiger partial charge in [-0.15, -0.1) is 26.3 Å². The predicted molar refractivity (Wildman–Crippen MR) is 84.7 cm³/mol. The molecule has 0 saturated heterocycles. The van der Waals surface area contributed by atoms with Crippen LogP contribution < -0.4 is 0 Å². The van der Waals surface area contributed by atoms with E-state index in [0.29, 0.717) is 0 Å². The molecule has 120 valence electrons. The van der Waals surface area contributed by atoms with Gasteiger partial charge < -0.3 is 18.1 Å². The fourth-order valence-electron chi connectivity index (χ4n) is 1.12. The Labute approximate surface area is 126 Å². The lowest BCUT2D eigenvalue weighted by Crippen LogP contribution is -2.06. The minimum atomic E-state index is -3.68. The minimum Gasteiger partial charge on any atom is -0.304 e. The fourth-order valence-corrected chi connectivity index (χ4v) is 5.60. The van der Waals surface area contributed by atoms with Gasteiger partial charge in [0.2, 0.25) is 0 Å².